The van der Waals surface area contributed by atoms with Gasteiger partial charge in [0, 0.05) is 12.5 Å². The van der Waals surface area contributed by atoms with E-state index < -0.39 is 31.0 Å². The van der Waals surface area contributed by atoms with Gasteiger partial charge in [0.1, 0.15) is 23.5 Å². The van der Waals surface area contributed by atoms with Crippen LogP contribution in [0.2, 0.25) is 0 Å². The molecule has 4 atom stereocenters. The van der Waals surface area contributed by atoms with E-state index in [1.54, 1.807) is 14.0 Å². The van der Waals surface area contributed by atoms with Gasteiger partial charge in [-0.2, -0.15) is 18.2 Å². The lowest BCUT2D eigenvalue weighted by molar-refractivity contribution is -0.115. The standard InChI is InChI=1S/C21H25F3N6O2S/c1-10-15(19-29-12-5-3-4-6-14(12)33-19)18(30-20(27-10)26-9-21(22,23)24)28-13-7-11(8-25-2)16(31)17(13)32/h3-6,11,13,16-17,25,31-32H,7-9H2,1-2H3,(H2,26,27,28,30)/t11-,13-,16-,17+/m1/s1. The highest BCUT2D eigenvalue weighted by Gasteiger charge is 2.41. The number of nitrogens with one attached hydrogen (secondary N) is 3. The van der Waals surface area contributed by atoms with E-state index in [2.05, 4.69) is 30.9 Å². The molecule has 0 aliphatic heterocycles. The topological polar surface area (TPSA) is 115 Å². The zero-order chi connectivity index (χ0) is 23.8. The Kier molecular flexibility index (Phi) is 6.71. The first-order valence-corrected chi connectivity index (χ1v) is 11.3. The molecule has 1 fully saturated rings. The lowest BCUT2D eigenvalue weighted by atomic mass is 10.1. The van der Waals surface area contributed by atoms with Crippen molar-refractivity contribution in [3.05, 3.63) is 30.0 Å². The highest BCUT2D eigenvalue weighted by atomic mass is 32.1. The fourth-order valence-electron chi connectivity index (χ4n) is 4.08. The summed E-state index contributed by atoms with van der Waals surface area (Å²) in [6.07, 6.45) is -5.97. The molecule has 0 unspecified atom stereocenters. The van der Waals surface area contributed by atoms with E-state index in [0.29, 0.717) is 29.2 Å². The molecule has 0 saturated heterocycles. The van der Waals surface area contributed by atoms with Crippen molar-refractivity contribution in [2.75, 3.05) is 30.8 Å². The van der Waals surface area contributed by atoms with Crippen molar-refractivity contribution in [1.29, 1.82) is 0 Å². The maximum Gasteiger partial charge on any atom is 0.405 e. The molecular weight excluding hydrogens is 457 g/mol. The van der Waals surface area contributed by atoms with Crippen molar-refractivity contribution in [3.63, 3.8) is 0 Å². The van der Waals surface area contributed by atoms with E-state index in [0.717, 1.165) is 10.2 Å². The van der Waals surface area contributed by atoms with E-state index >= 15 is 0 Å². The van der Waals surface area contributed by atoms with Gasteiger partial charge in [-0.15, -0.1) is 11.3 Å². The van der Waals surface area contributed by atoms with E-state index in [1.807, 2.05) is 24.3 Å². The maximum absolute atomic E-state index is 12.7. The van der Waals surface area contributed by atoms with Gasteiger partial charge in [0.25, 0.3) is 0 Å². The van der Waals surface area contributed by atoms with Gasteiger partial charge >= 0.3 is 6.18 Å². The summed E-state index contributed by atoms with van der Waals surface area (Å²) in [6, 6.07) is 7.03. The molecule has 8 nitrogen and oxygen atoms in total. The summed E-state index contributed by atoms with van der Waals surface area (Å²) < 4.78 is 39.1. The first kappa shape index (κ1) is 23.6. The van der Waals surface area contributed by atoms with Crippen LogP contribution in [0.5, 0.6) is 0 Å². The molecule has 1 saturated carbocycles. The molecule has 0 bridgehead atoms. The smallest absolute Gasteiger partial charge is 0.390 e. The van der Waals surface area contributed by atoms with Gasteiger partial charge in [0.05, 0.1) is 33.6 Å². The molecule has 1 aromatic carbocycles. The number of hydrogen-bond acceptors (Lipinski definition) is 9. The zero-order valence-corrected chi connectivity index (χ0v) is 18.8. The van der Waals surface area contributed by atoms with Gasteiger partial charge in [-0.3, -0.25) is 0 Å². The third kappa shape index (κ3) is 5.18. The number of anilines is 2. The van der Waals surface area contributed by atoms with Crippen LogP contribution in [0.15, 0.2) is 24.3 Å². The van der Waals surface area contributed by atoms with Crippen molar-refractivity contribution < 1.29 is 23.4 Å². The predicted molar refractivity (Wildman–Crippen MR) is 121 cm³/mol. The number of hydrogen-bond donors (Lipinski definition) is 5. The summed E-state index contributed by atoms with van der Waals surface area (Å²) >= 11 is 1.42. The molecule has 12 heteroatoms. The summed E-state index contributed by atoms with van der Waals surface area (Å²) in [6.45, 7) is 0.917. The second-order valence-electron chi connectivity index (χ2n) is 8.10. The number of rotatable bonds is 7. The minimum absolute atomic E-state index is 0.181. The van der Waals surface area contributed by atoms with Crippen LogP contribution in [0.25, 0.3) is 20.8 Å². The van der Waals surface area contributed by atoms with Gasteiger partial charge in [-0.25, -0.2) is 9.97 Å². The Labute approximate surface area is 192 Å². The predicted octanol–water partition coefficient (Wildman–Crippen LogP) is 2.78. The monoisotopic (exact) mass is 482 g/mol. The van der Waals surface area contributed by atoms with Crippen LogP contribution in [-0.2, 0) is 0 Å². The van der Waals surface area contributed by atoms with Gasteiger partial charge < -0.3 is 26.2 Å². The Morgan fingerprint density at radius 2 is 1.88 bits per heavy atom. The quantitative estimate of drug-likeness (QED) is 0.349. The molecule has 4 rings (SSSR count). The highest BCUT2D eigenvalue weighted by molar-refractivity contribution is 7.21. The number of aromatic nitrogens is 3. The van der Waals surface area contributed by atoms with Crippen molar-refractivity contribution in [1.82, 2.24) is 20.3 Å². The Morgan fingerprint density at radius 1 is 1.12 bits per heavy atom. The summed E-state index contributed by atoms with van der Waals surface area (Å²) in [5, 5.41) is 30.0. The minimum atomic E-state index is -4.43. The number of aliphatic hydroxyl groups excluding tert-OH is 2. The van der Waals surface area contributed by atoms with Crippen molar-refractivity contribution in [2.24, 2.45) is 5.92 Å². The molecular formula is C21H25F3N6O2S. The molecule has 3 aromatic rings. The summed E-state index contributed by atoms with van der Waals surface area (Å²) in [4.78, 5) is 13.2. The van der Waals surface area contributed by atoms with Crippen molar-refractivity contribution in [3.8, 4) is 10.6 Å². The molecule has 2 heterocycles. The number of halogens is 3. The molecule has 0 radical (unpaired) electrons. The Morgan fingerprint density at radius 3 is 2.58 bits per heavy atom. The van der Waals surface area contributed by atoms with E-state index in [1.165, 1.54) is 11.3 Å². The van der Waals surface area contributed by atoms with Gasteiger partial charge in [0.2, 0.25) is 5.95 Å². The van der Waals surface area contributed by atoms with E-state index in [9.17, 15) is 23.4 Å². The normalized spacial score (nSPS) is 23.2. The van der Waals surface area contributed by atoms with Crippen LogP contribution in [0.1, 0.15) is 12.1 Å². The molecule has 0 amide bonds. The maximum atomic E-state index is 12.7. The number of aryl methyl sites for hydroxylation is 1. The third-order valence-electron chi connectivity index (χ3n) is 5.63. The molecule has 1 aliphatic rings. The Hall–Kier alpha value is -2.54. The van der Waals surface area contributed by atoms with Crippen LogP contribution in [0.4, 0.5) is 24.9 Å². The molecule has 33 heavy (non-hydrogen) atoms. The van der Waals surface area contributed by atoms with Crippen LogP contribution < -0.4 is 16.0 Å². The molecule has 2 aromatic heterocycles. The first-order valence-electron chi connectivity index (χ1n) is 10.5. The molecule has 0 spiro atoms. The third-order valence-corrected chi connectivity index (χ3v) is 6.69. The second kappa shape index (κ2) is 9.37. The van der Waals surface area contributed by atoms with E-state index in [-0.39, 0.29) is 17.7 Å². The SMILES string of the molecule is CNC[C@H]1C[C@@H](Nc2nc(NCC(F)(F)F)nc(C)c2-c2nc3ccccc3s2)[C@H](O)[C@@H]1O. The first-order chi connectivity index (χ1) is 15.7. The largest absolute Gasteiger partial charge is 0.405 e. The average molecular weight is 483 g/mol. The number of para-hydroxylation sites is 1. The van der Waals surface area contributed by atoms with Crippen LogP contribution in [-0.4, -0.2) is 69.7 Å². The summed E-state index contributed by atoms with van der Waals surface area (Å²) in [5.74, 6) is -0.108. The number of alkyl halides is 3. The number of nitrogens with zero attached hydrogens (tertiary/aromatic N) is 3. The average Bonchev–Trinajstić information content (AvgIpc) is 3.28. The highest BCUT2D eigenvalue weighted by Crippen LogP contribution is 2.38. The Balaban J connectivity index is 1.72. The van der Waals surface area contributed by atoms with Crippen LogP contribution in [0.3, 0.4) is 0 Å². The zero-order valence-electron chi connectivity index (χ0n) is 18.0. The van der Waals surface area contributed by atoms with Crippen molar-refractivity contribution in [2.45, 2.75) is 37.8 Å². The van der Waals surface area contributed by atoms with Gasteiger partial charge in [-0.1, -0.05) is 12.1 Å². The second-order valence-corrected chi connectivity index (χ2v) is 9.13. The Bertz CT molecular complexity index is 1090. The lowest BCUT2D eigenvalue weighted by Gasteiger charge is -2.21. The van der Waals surface area contributed by atoms with Gasteiger partial charge in [-0.05, 0) is 32.5 Å². The molecule has 1 aliphatic carbocycles. The minimum Gasteiger partial charge on any atom is -0.390 e. The number of fused-ring (bicyclic) bond motifs is 1. The van der Waals surface area contributed by atoms with Gasteiger partial charge in [0.15, 0.2) is 0 Å². The summed E-state index contributed by atoms with van der Waals surface area (Å²) in [7, 11) is 1.76. The fourth-order valence-corrected chi connectivity index (χ4v) is 5.14. The van der Waals surface area contributed by atoms with Crippen molar-refractivity contribution >= 4 is 33.3 Å². The summed E-state index contributed by atoms with van der Waals surface area (Å²) in [5.41, 5.74) is 1.77. The number of aliphatic hydroxyl groups is 2. The van der Waals surface area contributed by atoms with E-state index in [4.69, 9.17) is 0 Å². The number of benzene rings is 1. The molecule has 5 N–H and O–H groups in total. The van der Waals surface area contributed by atoms with Crippen LogP contribution >= 0.6 is 11.3 Å². The lowest BCUT2D eigenvalue weighted by Crippen LogP contribution is -2.36. The number of thiazole rings is 1. The van der Waals surface area contributed by atoms with Crippen LogP contribution in [0, 0.1) is 12.8 Å². The molecule has 178 valence electrons. The fraction of sp³-hybridized carbons (Fsp3) is 0.476.